The van der Waals surface area contributed by atoms with Gasteiger partial charge in [-0.2, -0.15) is 0 Å². The molecule has 3 aromatic rings. The van der Waals surface area contributed by atoms with Crippen molar-refractivity contribution in [2.75, 3.05) is 25.0 Å². The van der Waals surface area contributed by atoms with E-state index >= 15 is 0 Å². The Bertz CT molecular complexity index is 1120. The highest BCUT2D eigenvalue weighted by molar-refractivity contribution is 5.80. The number of para-hydroxylation sites is 2. The molecule has 1 aromatic heterocycles. The highest BCUT2D eigenvalue weighted by Gasteiger charge is 2.18. The number of aryl methyl sites for hydroxylation is 2. The molecule has 0 spiro atoms. The minimum absolute atomic E-state index is 0.0162. The van der Waals surface area contributed by atoms with Crippen LogP contribution in [-0.4, -0.2) is 40.5 Å². The van der Waals surface area contributed by atoms with Gasteiger partial charge in [-0.1, -0.05) is 30.3 Å². The van der Waals surface area contributed by atoms with E-state index in [1.165, 1.54) is 23.1 Å². The SMILES string of the molecule is Cc1cccc2c(=O)n(CCC(=O)N(C)Cc3ccccc3N3CCCC3)cnc12. The first-order valence-corrected chi connectivity index (χ1v) is 10.6. The van der Waals surface area contributed by atoms with Gasteiger partial charge in [0, 0.05) is 45.3 Å². The van der Waals surface area contributed by atoms with E-state index in [-0.39, 0.29) is 17.9 Å². The molecule has 1 fully saturated rings. The van der Waals surface area contributed by atoms with Crippen LogP contribution in [0.15, 0.2) is 53.6 Å². The van der Waals surface area contributed by atoms with Gasteiger partial charge < -0.3 is 9.80 Å². The molecule has 6 nitrogen and oxygen atoms in total. The number of carbonyl (C=O) groups is 1. The van der Waals surface area contributed by atoms with Crippen molar-refractivity contribution < 1.29 is 4.79 Å². The van der Waals surface area contributed by atoms with Gasteiger partial charge in [-0.05, 0) is 43.0 Å². The number of fused-ring (bicyclic) bond motifs is 1. The maximum atomic E-state index is 12.8. The van der Waals surface area contributed by atoms with Crippen molar-refractivity contribution in [2.24, 2.45) is 0 Å². The fraction of sp³-hybridized carbons (Fsp3) is 0.375. The number of nitrogens with zero attached hydrogens (tertiary/aromatic N) is 4. The van der Waals surface area contributed by atoms with Crippen LogP contribution < -0.4 is 10.5 Å². The Balaban J connectivity index is 1.43. The van der Waals surface area contributed by atoms with Gasteiger partial charge in [-0.15, -0.1) is 0 Å². The summed E-state index contributed by atoms with van der Waals surface area (Å²) in [6.45, 7) is 4.98. The predicted molar refractivity (Wildman–Crippen MR) is 120 cm³/mol. The van der Waals surface area contributed by atoms with E-state index in [4.69, 9.17) is 0 Å². The van der Waals surface area contributed by atoms with Gasteiger partial charge in [0.1, 0.15) is 0 Å². The van der Waals surface area contributed by atoms with E-state index < -0.39 is 0 Å². The van der Waals surface area contributed by atoms with E-state index in [1.54, 1.807) is 17.3 Å². The van der Waals surface area contributed by atoms with E-state index in [0.29, 0.717) is 18.5 Å². The molecule has 0 bridgehead atoms. The van der Waals surface area contributed by atoms with Gasteiger partial charge in [0.25, 0.3) is 5.56 Å². The van der Waals surface area contributed by atoms with Crippen molar-refractivity contribution in [3.05, 3.63) is 70.3 Å². The van der Waals surface area contributed by atoms with Gasteiger partial charge in [-0.3, -0.25) is 14.2 Å². The Morgan fingerprint density at radius 2 is 1.87 bits per heavy atom. The second-order valence-corrected chi connectivity index (χ2v) is 8.04. The second kappa shape index (κ2) is 8.69. The summed E-state index contributed by atoms with van der Waals surface area (Å²) in [6, 6.07) is 13.9. The molecule has 0 atom stereocenters. The van der Waals surface area contributed by atoms with Crippen LogP contribution in [0.2, 0.25) is 0 Å². The lowest BCUT2D eigenvalue weighted by atomic mass is 10.1. The third-order valence-corrected chi connectivity index (χ3v) is 5.89. The Morgan fingerprint density at radius 1 is 1.10 bits per heavy atom. The summed E-state index contributed by atoms with van der Waals surface area (Å²) in [4.78, 5) is 34.1. The van der Waals surface area contributed by atoms with Crippen molar-refractivity contribution in [1.82, 2.24) is 14.5 Å². The monoisotopic (exact) mass is 404 g/mol. The Labute approximate surface area is 176 Å². The second-order valence-electron chi connectivity index (χ2n) is 8.04. The predicted octanol–water partition coefficient (Wildman–Crippen LogP) is 3.35. The molecule has 0 unspecified atom stereocenters. The third kappa shape index (κ3) is 4.08. The summed E-state index contributed by atoms with van der Waals surface area (Å²) in [5.74, 6) is 0.0162. The Kier molecular flexibility index (Phi) is 5.84. The van der Waals surface area contributed by atoms with Gasteiger partial charge in [-0.25, -0.2) is 4.98 Å². The molecule has 1 amide bonds. The van der Waals surface area contributed by atoms with E-state index in [9.17, 15) is 9.59 Å². The number of aromatic nitrogens is 2. The lowest BCUT2D eigenvalue weighted by Gasteiger charge is -2.24. The smallest absolute Gasteiger partial charge is 0.261 e. The summed E-state index contributed by atoms with van der Waals surface area (Å²) >= 11 is 0. The van der Waals surface area contributed by atoms with Crippen LogP contribution in [0.5, 0.6) is 0 Å². The number of amides is 1. The van der Waals surface area contributed by atoms with Crippen LogP contribution in [0, 0.1) is 6.92 Å². The fourth-order valence-corrected chi connectivity index (χ4v) is 4.16. The topological polar surface area (TPSA) is 58.4 Å². The molecular weight excluding hydrogens is 376 g/mol. The molecule has 2 aromatic carbocycles. The molecule has 30 heavy (non-hydrogen) atoms. The van der Waals surface area contributed by atoms with Gasteiger partial charge in [0.05, 0.1) is 17.2 Å². The van der Waals surface area contributed by atoms with Crippen molar-refractivity contribution in [2.45, 2.75) is 39.3 Å². The molecule has 1 saturated heterocycles. The highest BCUT2D eigenvalue weighted by Crippen LogP contribution is 2.25. The lowest BCUT2D eigenvalue weighted by Crippen LogP contribution is -2.30. The third-order valence-electron chi connectivity index (χ3n) is 5.89. The first-order valence-electron chi connectivity index (χ1n) is 10.6. The maximum absolute atomic E-state index is 12.8. The molecule has 0 N–H and O–H groups in total. The molecule has 1 aliphatic heterocycles. The number of hydrogen-bond acceptors (Lipinski definition) is 4. The summed E-state index contributed by atoms with van der Waals surface area (Å²) in [6.07, 6.45) is 4.25. The van der Waals surface area contributed by atoms with Crippen LogP contribution >= 0.6 is 0 Å². The zero-order valence-electron chi connectivity index (χ0n) is 17.7. The molecule has 6 heteroatoms. The highest BCUT2D eigenvalue weighted by atomic mass is 16.2. The zero-order chi connectivity index (χ0) is 21.1. The first kappa shape index (κ1) is 20.1. The van der Waals surface area contributed by atoms with Crippen LogP contribution in [0.3, 0.4) is 0 Å². The zero-order valence-corrected chi connectivity index (χ0v) is 17.7. The summed E-state index contributed by atoms with van der Waals surface area (Å²) in [7, 11) is 1.83. The van der Waals surface area contributed by atoms with Crippen molar-refractivity contribution in [1.29, 1.82) is 0 Å². The molecule has 0 radical (unpaired) electrons. The van der Waals surface area contributed by atoms with Crippen molar-refractivity contribution in [3.8, 4) is 0 Å². The van der Waals surface area contributed by atoms with Crippen LogP contribution in [0.1, 0.15) is 30.4 Å². The number of hydrogen-bond donors (Lipinski definition) is 0. The summed E-state index contributed by atoms with van der Waals surface area (Å²) in [5, 5.41) is 0.595. The molecule has 0 aliphatic carbocycles. The van der Waals surface area contributed by atoms with Crippen LogP contribution in [0.25, 0.3) is 10.9 Å². The summed E-state index contributed by atoms with van der Waals surface area (Å²) in [5.41, 5.74) is 3.98. The Hall–Kier alpha value is -3.15. The average molecular weight is 405 g/mol. The van der Waals surface area contributed by atoms with Gasteiger partial charge in [0.2, 0.25) is 5.91 Å². The number of rotatable bonds is 6. The minimum atomic E-state index is -0.0986. The molecule has 2 heterocycles. The molecular formula is C24H28N4O2. The number of anilines is 1. The minimum Gasteiger partial charge on any atom is -0.371 e. The van der Waals surface area contributed by atoms with Crippen molar-refractivity contribution >= 4 is 22.5 Å². The Morgan fingerprint density at radius 3 is 2.67 bits per heavy atom. The van der Waals surface area contributed by atoms with E-state index in [1.807, 2.05) is 32.2 Å². The largest absolute Gasteiger partial charge is 0.371 e. The molecule has 0 saturated carbocycles. The standard InChI is InChI=1S/C24H28N4O2/c1-18-8-7-10-20-23(18)25-17-28(24(20)30)15-12-22(29)26(2)16-19-9-3-4-11-21(19)27-13-5-6-14-27/h3-4,7-11,17H,5-6,12-16H2,1-2H3. The van der Waals surface area contributed by atoms with Crippen LogP contribution in [-0.2, 0) is 17.9 Å². The molecule has 1 aliphatic rings. The van der Waals surface area contributed by atoms with Gasteiger partial charge in [0.15, 0.2) is 0 Å². The van der Waals surface area contributed by atoms with E-state index in [0.717, 1.165) is 29.7 Å². The molecule has 4 rings (SSSR count). The number of benzene rings is 2. The fourth-order valence-electron chi connectivity index (χ4n) is 4.16. The van der Waals surface area contributed by atoms with Gasteiger partial charge >= 0.3 is 0 Å². The lowest BCUT2D eigenvalue weighted by molar-refractivity contribution is -0.130. The quantitative estimate of drug-likeness (QED) is 0.632. The first-order chi connectivity index (χ1) is 14.5. The average Bonchev–Trinajstić information content (AvgIpc) is 3.28. The number of carbonyl (C=O) groups excluding carboxylic acids is 1. The normalized spacial score (nSPS) is 13.7. The summed E-state index contributed by atoms with van der Waals surface area (Å²) < 4.78 is 1.53. The van der Waals surface area contributed by atoms with E-state index in [2.05, 4.69) is 28.1 Å². The van der Waals surface area contributed by atoms with Crippen molar-refractivity contribution in [3.63, 3.8) is 0 Å². The van der Waals surface area contributed by atoms with Crippen LogP contribution in [0.4, 0.5) is 5.69 Å². The molecule has 156 valence electrons. The maximum Gasteiger partial charge on any atom is 0.261 e.